The van der Waals surface area contributed by atoms with Gasteiger partial charge in [-0.2, -0.15) is 0 Å². The van der Waals surface area contributed by atoms with Gasteiger partial charge in [0.15, 0.2) is 0 Å². The molecule has 0 radical (unpaired) electrons. The number of nitro benzene ring substituents is 1. The maximum atomic E-state index is 11.2. The molecule has 0 saturated carbocycles. The number of nitro groups is 1. The fourth-order valence-electron chi connectivity index (χ4n) is 1.64. The Bertz CT molecular complexity index is 507. The average Bonchev–Trinajstić information content (AvgIpc) is 2.37. The topological polar surface area (TPSA) is 110 Å². The molecule has 2 atom stereocenters. The van der Waals surface area contributed by atoms with Crippen molar-refractivity contribution in [1.29, 1.82) is 0 Å². The maximum Gasteiger partial charge on any atom is 0.308 e. The highest BCUT2D eigenvalue weighted by Gasteiger charge is 2.28. The van der Waals surface area contributed by atoms with Gasteiger partial charge in [-0.3, -0.25) is 14.9 Å². The maximum absolute atomic E-state index is 11.2. The van der Waals surface area contributed by atoms with E-state index in [4.69, 9.17) is 11.6 Å². The SMILES string of the molecule is CCOC(=O)CC(O)C(O)c1cc(Cl)ccc1[N+](=O)[O-]. The van der Waals surface area contributed by atoms with Crippen molar-refractivity contribution in [2.75, 3.05) is 6.61 Å². The van der Waals surface area contributed by atoms with Crippen LogP contribution in [0, 0.1) is 10.1 Å². The zero-order valence-corrected chi connectivity index (χ0v) is 11.4. The van der Waals surface area contributed by atoms with Crippen molar-refractivity contribution in [2.24, 2.45) is 0 Å². The van der Waals surface area contributed by atoms with E-state index in [0.29, 0.717) is 0 Å². The lowest BCUT2D eigenvalue weighted by Crippen LogP contribution is -2.23. The summed E-state index contributed by atoms with van der Waals surface area (Å²) in [5.74, 6) is -0.705. The van der Waals surface area contributed by atoms with E-state index in [9.17, 15) is 25.1 Å². The largest absolute Gasteiger partial charge is 0.466 e. The van der Waals surface area contributed by atoms with Gasteiger partial charge < -0.3 is 14.9 Å². The summed E-state index contributed by atoms with van der Waals surface area (Å²) in [6, 6.07) is 3.60. The highest BCUT2D eigenvalue weighted by Crippen LogP contribution is 2.30. The number of halogens is 1. The summed E-state index contributed by atoms with van der Waals surface area (Å²) in [6.07, 6.45) is -3.61. The van der Waals surface area contributed by atoms with Crippen molar-refractivity contribution in [3.8, 4) is 0 Å². The number of carbonyl (C=O) groups excluding carboxylic acids is 1. The molecule has 110 valence electrons. The lowest BCUT2D eigenvalue weighted by Gasteiger charge is -2.17. The van der Waals surface area contributed by atoms with Crippen LogP contribution in [0.3, 0.4) is 0 Å². The van der Waals surface area contributed by atoms with Gasteiger partial charge in [-0.15, -0.1) is 0 Å². The van der Waals surface area contributed by atoms with Gasteiger partial charge in [-0.05, 0) is 19.1 Å². The molecule has 2 N–H and O–H groups in total. The summed E-state index contributed by atoms with van der Waals surface area (Å²) in [7, 11) is 0. The van der Waals surface area contributed by atoms with E-state index >= 15 is 0 Å². The van der Waals surface area contributed by atoms with Crippen LogP contribution < -0.4 is 0 Å². The minimum absolute atomic E-state index is 0.138. The molecule has 0 aromatic heterocycles. The van der Waals surface area contributed by atoms with Crippen LogP contribution in [0.15, 0.2) is 18.2 Å². The quantitative estimate of drug-likeness (QED) is 0.469. The molecular formula is C12H14ClNO6. The zero-order valence-electron chi connectivity index (χ0n) is 10.7. The average molecular weight is 304 g/mol. The summed E-state index contributed by atoms with van der Waals surface area (Å²) < 4.78 is 4.63. The van der Waals surface area contributed by atoms with Crippen LogP contribution in [-0.4, -0.2) is 33.8 Å². The molecule has 1 aromatic carbocycles. The number of aliphatic hydroxyl groups is 2. The number of rotatable bonds is 6. The zero-order chi connectivity index (χ0) is 15.3. The van der Waals surface area contributed by atoms with Crippen molar-refractivity contribution in [3.63, 3.8) is 0 Å². The van der Waals surface area contributed by atoms with Crippen LogP contribution in [0.2, 0.25) is 5.02 Å². The Labute approximate surface area is 119 Å². The first-order valence-corrected chi connectivity index (χ1v) is 6.20. The molecule has 8 heteroatoms. The van der Waals surface area contributed by atoms with Crippen LogP contribution in [0.4, 0.5) is 5.69 Å². The molecule has 0 aliphatic rings. The van der Waals surface area contributed by atoms with Gasteiger partial charge in [-0.1, -0.05) is 11.6 Å². The Balaban J connectivity index is 2.95. The van der Waals surface area contributed by atoms with Crippen molar-refractivity contribution in [1.82, 2.24) is 0 Å². The summed E-state index contributed by atoms with van der Waals surface area (Å²) in [4.78, 5) is 21.4. The van der Waals surface area contributed by atoms with Gasteiger partial charge in [0, 0.05) is 11.1 Å². The van der Waals surface area contributed by atoms with E-state index in [2.05, 4.69) is 4.74 Å². The third kappa shape index (κ3) is 4.16. The van der Waals surface area contributed by atoms with E-state index in [1.807, 2.05) is 0 Å². The predicted octanol–water partition coefficient (Wildman–Crippen LogP) is 1.60. The Kier molecular flexibility index (Phi) is 5.87. The van der Waals surface area contributed by atoms with E-state index in [-0.39, 0.29) is 22.9 Å². The third-order valence-corrected chi connectivity index (χ3v) is 2.79. The number of hydrogen-bond donors (Lipinski definition) is 2. The minimum atomic E-state index is -1.61. The van der Waals surface area contributed by atoms with Crippen LogP contribution >= 0.6 is 11.6 Å². The molecule has 0 aliphatic heterocycles. The molecule has 0 spiro atoms. The van der Waals surface area contributed by atoms with Crippen molar-refractivity contribution < 1.29 is 24.7 Å². The molecule has 20 heavy (non-hydrogen) atoms. The van der Waals surface area contributed by atoms with E-state index < -0.39 is 29.5 Å². The predicted molar refractivity (Wildman–Crippen MR) is 70.3 cm³/mol. The first kappa shape index (κ1) is 16.4. The number of hydrogen-bond acceptors (Lipinski definition) is 6. The van der Waals surface area contributed by atoms with Crippen LogP contribution in [0.5, 0.6) is 0 Å². The van der Waals surface area contributed by atoms with Gasteiger partial charge >= 0.3 is 5.97 Å². The Morgan fingerprint density at radius 2 is 2.15 bits per heavy atom. The molecule has 0 aliphatic carbocycles. The second kappa shape index (κ2) is 7.18. The van der Waals surface area contributed by atoms with Crippen molar-refractivity contribution in [2.45, 2.75) is 25.6 Å². The van der Waals surface area contributed by atoms with Crippen LogP contribution in [0.25, 0.3) is 0 Å². The molecule has 1 rings (SSSR count). The van der Waals surface area contributed by atoms with Crippen LogP contribution in [0.1, 0.15) is 25.0 Å². The molecular weight excluding hydrogens is 290 g/mol. The summed E-state index contributed by atoms with van der Waals surface area (Å²) >= 11 is 5.72. The molecule has 0 amide bonds. The van der Waals surface area contributed by atoms with E-state index in [1.165, 1.54) is 12.1 Å². The molecule has 7 nitrogen and oxygen atoms in total. The highest BCUT2D eigenvalue weighted by molar-refractivity contribution is 6.30. The first-order valence-electron chi connectivity index (χ1n) is 5.82. The van der Waals surface area contributed by atoms with Gasteiger partial charge in [0.1, 0.15) is 6.10 Å². The number of nitrogens with zero attached hydrogens (tertiary/aromatic N) is 1. The highest BCUT2D eigenvalue weighted by atomic mass is 35.5. The first-order chi connectivity index (χ1) is 9.36. The molecule has 1 aromatic rings. The smallest absolute Gasteiger partial charge is 0.308 e. The Hall–Kier alpha value is -1.70. The number of carbonyl (C=O) groups is 1. The number of aliphatic hydroxyl groups excluding tert-OH is 2. The Morgan fingerprint density at radius 3 is 2.70 bits per heavy atom. The van der Waals surface area contributed by atoms with Gasteiger partial charge in [0.05, 0.1) is 29.6 Å². The monoisotopic (exact) mass is 303 g/mol. The summed E-state index contributed by atoms with van der Waals surface area (Å²) in [5, 5.41) is 30.7. The molecule has 0 fully saturated rings. The standard InChI is InChI=1S/C12H14ClNO6/c1-2-20-11(16)6-10(15)12(17)8-5-7(13)3-4-9(8)14(18)19/h3-5,10,12,15,17H,2,6H2,1H3. The number of esters is 1. The fraction of sp³-hybridized carbons (Fsp3) is 0.417. The van der Waals surface area contributed by atoms with E-state index in [0.717, 1.165) is 6.07 Å². The number of benzene rings is 1. The van der Waals surface area contributed by atoms with Crippen molar-refractivity contribution in [3.05, 3.63) is 38.9 Å². The van der Waals surface area contributed by atoms with E-state index in [1.54, 1.807) is 6.92 Å². The summed E-state index contributed by atoms with van der Waals surface area (Å²) in [5.41, 5.74) is -0.538. The third-order valence-electron chi connectivity index (χ3n) is 2.55. The van der Waals surface area contributed by atoms with Gasteiger partial charge in [0.25, 0.3) is 5.69 Å². The van der Waals surface area contributed by atoms with Gasteiger partial charge in [0.2, 0.25) is 0 Å². The second-order valence-corrected chi connectivity index (χ2v) is 4.42. The molecule has 2 unspecified atom stereocenters. The molecule has 0 heterocycles. The van der Waals surface area contributed by atoms with Crippen molar-refractivity contribution >= 4 is 23.3 Å². The molecule has 0 bridgehead atoms. The van der Waals surface area contributed by atoms with Gasteiger partial charge in [-0.25, -0.2) is 0 Å². The lowest BCUT2D eigenvalue weighted by atomic mass is 10.0. The fourth-order valence-corrected chi connectivity index (χ4v) is 1.82. The second-order valence-electron chi connectivity index (χ2n) is 3.98. The lowest BCUT2D eigenvalue weighted by molar-refractivity contribution is -0.386. The summed E-state index contributed by atoms with van der Waals surface area (Å²) in [6.45, 7) is 1.74. The normalized spacial score (nSPS) is 13.6. The van der Waals surface area contributed by atoms with Crippen LogP contribution in [-0.2, 0) is 9.53 Å². The number of ether oxygens (including phenoxy) is 1. The Morgan fingerprint density at radius 1 is 1.50 bits per heavy atom. The minimum Gasteiger partial charge on any atom is -0.466 e. The molecule has 0 saturated heterocycles.